The van der Waals surface area contributed by atoms with Gasteiger partial charge in [0.2, 0.25) is 0 Å². The van der Waals surface area contributed by atoms with E-state index in [1.807, 2.05) is 0 Å². The van der Waals surface area contributed by atoms with Gasteiger partial charge in [0.15, 0.2) is 17.6 Å². The summed E-state index contributed by atoms with van der Waals surface area (Å²) < 4.78 is 0.684. The van der Waals surface area contributed by atoms with Crippen LogP contribution >= 0.6 is 11.6 Å². The summed E-state index contributed by atoms with van der Waals surface area (Å²) in [6.45, 7) is 3.96. The number of pyridine rings is 1. The van der Waals surface area contributed by atoms with Crippen molar-refractivity contribution in [2.24, 2.45) is 5.16 Å². The van der Waals surface area contributed by atoms with Crippen molar-refractivity contribution in [1.82, 2.24) is 4.90 Å². The summed E-state index contributed by atoms with van der Waals surface area (Å²) in [6, 6.07) is 3.34. The molecule has 0 amide bonds. The van der Waals surface area contributed by atoms with Gasteiger partial charge in [0.1, 0.15) is 6.61 Å². The second kappa shape index (κ2) is 8.07. The van der Waals surface area contributed by atoms with E-state index in [1.54, 1.807) is 12.1 Å². The highest BCUT2D eigenvalue weighted by molar-refractivity contribution is 6.69. The monoisotopic (exact) mass is 297 g/mol. The average Bonchev–Trinajstić information content (AvgIpc) is 2.48. The Kier molecular flexibility index (Phi) is 6.08. The lowest BCUT2D eigenvalue weighted by Crippen LogP contribution is -2.31. The zero-order valence-electron chi connectivity index (χ0n) is 11.5. The molecular weight excluding hydrogens is 278 g/mol. The van der Waals surface area contributed by atoms with Crippen LogP contribution in [0, 0.1) is 5.21 Å². The Morgan fingerprint density at radius 1 is 1.40 bits per heavy atom. The molecular formula is C14H20ClN3O2. The van der Waals surface area contributed by atoms with E-state index in [1.165, 1.54) is 44.7 Å². The lowest BCUT2D eigenvalue weighted by molar-refractivity contribution is -0.605. The van der Waals surface area contributed by atoms with Crippen LogP contribution in [0.2, 0.25) is 0 Å². The van der Waals surface area contributed by atoms with E-state index in [4.69, 9.17) is 16.4 Å². The van der Waals surface area contributed by atoms with Crippen LogP contribution in [-0.4, -0.2) is 36.3 Å². The average molecular weight is 298 g/mol. The van der Waals surface area contributed by atoms with Crippen molar-refractivity contribution < 1.29 is 9.57 Å². The smallest absolute Gasteiger partial charge is 0.190 e. The van der Waals surface area contributed by atoms with Gasteiger partial charge >= 0.3 is 0 Å². The Bertz CT molecular complexity index is 448. The maximum absolute atomic E-state index is 11.1. The fourth-order valence-corrected chi connectivity index (χ4v) is 2.43. The number of nitrogens with zero attached hydrogens (tertiary/aromatic N) is 3. The zero-order chi connectivity index (χ0) is 14.2. The second-order valence-electron chi connectivity index (χ2n) is 4.92. The molecule has 2 rings (SSSR count). The Morgan fingerprint density at radius 3 is 2.95 bits per heavy atom. The van der Waals surface area contributed by atoms with E-state index in [-0.39, 0.29) is 5.17 Å². The van der Waals surface area contributed by atoms with Gasteiger partial charge in [0.25, 0.3) is 0 Å². The third-order valence-electron chi connectivity index (χ3n) is 3.32. The van der Waals surface area contributed by atoms with Crippen LogP contribution in [0.4, 0.5) is 0 Å². The summed E-state index contributed by atoms with van der Waals surface area (Å²) in [5.74, 6) is 0. The number of piperidine rings is 1. The standard InChI is InChI=1S/C14H20ClN3O2/c15-14(13-6-4-10-18(19)12-13)16-20-11-5-9-17-7-2-1-3-8-17/h4,6,10,12H,1-3,5,7-9,11H2/b16-14-. The predicted octanol–water partition coefficient (Wildman–Crippen LogP) is 2.11. The van der Waals surface area contributed by atoms with Crippen molar-refractivity contribution in [3.8, 4) is 0 Å². The quantitative estimate of drug-likeness (QED) is 0.266. The van der Waals surface area contributed by atoms with Gasteiger partial charge in [-0.05, 0) is 38.4 Å². The van der Waals surface area contributed by atoms with E-state index in [0.717, 1.165) is 13.0 Å². The van der Waals surface area contributed by atoms with E-state index in [0.29, 0.717) is 16.9 Å². The molecule has 1 aliphatic rings. The van der Waals surface area contributed by atoms with Gasteiger partial charge in [-0.15, -0.1) is 0 Å². The molecule has 5 nitrogen and oxygen atoms in total. The summed E-state index contributed by atoms with van der Waals surface area (Å²) in [7, 11) is 0. The highest BCUT2D eigenvalue weighted by Crippen LogP contribution is 2.09. The second-order valence-corrected chi connectivity index (χ2v) is 5.28. The van der Waals surface area contributed by atoms with Gasteiger partial charge in [0, 0.05) is 12.6 Å². The van der Waals surface area contributed by atoms with Gasteiger partial charge in [0.05, 0.1) is 5.56 Å². The number of oxime groups is 1. The van der Waals surface area contributed by atoms with Crippen molar-refractivity contribution in [3.63, 3.8) is 0 Å². The molecule has 110 valence electrons. The van der Waals surface area contributed by atoms with Crippen molar-refractivity contribution >= 4 is 16.8 Å². The summed E-state index contributed by atoms with van der Waals surface area (Å²) in [6.07, 6.45) is 7.64. The number of hydrogen-bond donors (Lipinski definition) is 0. The number of halogens is 1. The van der Waals surface area contributed by atoms with E-state index in [2.05, 4.69) is 10.1 Å². The van der Waals surface area contributed by atoms with Crippen LogP contribution in [0.3, 0.4) is 0 Å². The SMILES string of the molecule is [O-][n+]1cccc(/C(Cl)=N/OCCCN2CCCCC2)c1. The maximum Gasteiger partial charge on any atom is 0.190 e. The molecule has 1 fully saturated rings. The van der Waals surface area contributed by atoms with Crippen molar-refractivity contribution in [1.29, 1.82) is 0 Å². The summed E-state index contributed by atoms with van der Waals surface area (Å²) >= 11 is 5.97. The first-order valence-corrected chi connectivity index (χ1v) is 7.40. The molecule has 1 saturated heterocycles. The molecule has 0 radical (unpaired) electrons. The molecule has 1 aliphatic heterocycles. The molecule has 1 aromatic rings. The number of likely N-dealkylation sites (tertiary alicyclic amines) is 1. The summed E-state index contributed by atoms with van der Waals surface area (Å²) in [5, 5.41) is 15.1. The molecule has 1 aromatic heterocycles. The van der Waals surface area contributed by atoms with Gasteiger partial charge in [-0.3, -0.25) is 0 Å². The Balaban J connectivity index is 1.67. The highest BCUT2D eigenvalue weighted by atomic mass is 35.5. The molecule has 0 unspecified atom stereocenters. The molecule has 0 N–H and O–H groups in total. The van der Waals surface area contributed by atoms with Gasteiger partial charge in [-0.1, -0.05) is 23.2 Å². The molecule has 2 heterocycles. The van der Waals surface area contributed by atoms with Gasteiger partial charge in [-0.2, -0.15) is 4.73 Å². The highest BCUT2D eigenvalue weighted by Gasteiger charge is 2.09. The fraction of sp³-hybridized carbons (Fsp3) is 0.571. The van der Waals surface area contributed by atoms with Crippen molar-refractivity contribution in [2.45, 2.75) is 25.7 Å². The first kappa shape index (κ1) is 15.1. The Labute approximate surface area is 124 Å². The van der Waals surface area contributed by atoms with Crippen LogP contribution in [0.1, 0.15) is 31.2 Å². The van der Waals surface area contributed by atoms with E-state index in [9.17, 15) is 5.21 Å². The molecule has 0 bridgehead atoms. The topological polar surface area (TPSA) is 51.8 Å². The summed E-state index contributed by atoms with van der Waals surface area (Å²) in [4.78, 5) is 7.65. The van der Waals surface area contributed by atoms with Crippen LogP contribution in [-0.2, 0) is 4.84 Å². The minimum atomic E-state index is 0.202. The van der Waals surface area contributed by atoms with Gasteiger partial charge < -0.3 is 14.9 Å². The Morgan fingerprint density at radius 2 is 2.20 bits per heavy atom. The van der Waals surface area contributed by atoms with Crippen LogP contribution in [0.15, 0.2) is 29.7 Å². The molecule has 0 saturated carbocycles. The minimum Gasteiger partial charge on any atom is -0.619 e. The molecule has 0 aliphatic carbocycles. The fourth-order valence-electron chi connectivity index (χ4n) is 2.27. The van der Waals surface area contributed by atoms with Crippen LogP contribution in [0.25, 0.3) is 0 Å². The zero-order valence-corrected chi connectivity index (χ0v) is 12.3. The van der Waals surface area contributed by atoms with E-state index >= 15 is 0 Å². The third kappa shape index (κ3) is 4.98. The van der Waals surface area contributed by atoms with Gasteiger partial charge in [-0.25, -0.2) is 0 Å². The molecule has 0 spiro atoms. The molecule has 6 heteroatoms. The molecule has 0 atom stereocenters. The number of rotatable bonds is 6. The van der Waals surface area contributed by atoms with Crippen molar-refractivity contribution in [2.75, 3.05) is 26.2 Å². The molecule has 0 aromatic carbocycles. The van der Waals surface area contributed by atoms with Crippen LogP contribution < -0.4 is 4.73 Å². The number of aromatic nitrogens is 1. The molecule has 20 heavy (non-hydrogen) atoms. The summed E-state index contributed by atoms with van der Waals surface area (Å²) in [5.41, 5.74) is 0.556. The first-order chi connectivity index (χ1) is 9.75. The number of hydrogen-bond acceptors (Lipinski definition) is 4. The normalized spacial score (nSPS) is 17.1. The largest absolute Gasteiger partial charge is 0.619 e. The lowest BCUT2D eigenvalue weighted by Gasteiger charge is -2.25. The predicted molar refractivity (Wildman–Crippen MR) is 78.7 cm³/mol. The van der Waals surface area contributed by atoms with E-state index < -0.39 is 0 Å². The van der Waals surface area contributed by atoms with Crippen molar-refractivity contribution in [3.05, 3.63) is 35.3 Å². The third-order valence-corrected chi connectivity index (χ3v) is 3.60. The minimum absolute atomic E-state index is 0.202. The lowest BCUT2D eigenvalue weighted by atomic mass is 10.1. The first-order valence-electron chi connectivity index (χ1n) is 7.03. The van der Waals surface area contributed by atoms with Crippen LogP contribution in [0.5, 0.6) is 0 Å². The maximum atomic E-state index is 11.1. The Hall–Kier alpha value is -1.33.